The summed E-state index contributed by atoms with van der Waals surface area (Å²) in [7, 11) is 0. The Morgan fingerprint density at radius 2 is 2.17 bits per heavy atom. The lowest BCUT2D eigenvalue weighted by Crippen LogP contribution is -2.25. The molecule has 1 heterocycles. The first kappa shape index (κ1) is 13.2. The largest absolute Gasteiger partial charge is 0.356 e. The number of hydrogen-bond acceptors (Lipinski definition) is 1. The molecule has 1 fully saturated rings. The van der Waals surface area contributed by atoms with Crippen molar-refractivity contribution in [3.63, 3.8) is 0 Å². The Labute approximate surface area is 110 Å². The van der Waals surface area contributed by atoms with Crippen LogP contribution in [0, 0.1) is 13.8 Å². The van der Waals surface area contributed by atoms with E-state index in [0.29, 0.717) is 6.42 Å². The summed E-state index contributed by atoms with van der Waals surface area (Å²) in [5.41, 5.74) is 4.14. The average Bonchev–Trinajstić information content (AvgIpc) is 3.08. The third-order valence-corrected chi connectivity index (χ3v) is 3.69. The van der Waals surface area contributed by atoms with E-state index in [1.54, 1.807) is 0 Å². The molecule has 1 saturated carbocycles. The van der Waals surface area contributed by atoms with Crippen molar-refractivity contribution < 1.29 is 4.79 Å². The van der Waals surface area contributed by atoms with Crippen LogP contribution in [0.4, 0.5) is 0 Å². The zero-order valence-electron chi connectivity index (χ0n) is 11.8. The number of hydrogen-bond donors (Lipinski definition) is 1. The fourth-order valence-corrected chi connectivity index (χ4v) is 2.65. The smallest absolute Gasteiger partial charge is 0.219 e. The van der Waals surface area contributed by atoms with Crippen LogP contribution in [0.1, 0.15) is 55.6 Å². The van der Waals surface area contributed by atoms with Crippen LogP contribution in [-0.4, -0.2) is 17.0 Å². The Kier molecular flexibility index (Phi) is 4.10. The molecule has 0 atom stereocenters. The summed E-state index contributed by atoms with van der Waals surface area (Å²) in [5.74, 6) is 0.175. The third kappa shape index (κ3) is 2.95. The van der Waals surface area contributed by atoms with Crippen molar-refractivity contribution in [1.29, 1.82) is 0 Å². The molecule has 3 nitrogen and oxygen atoms in total. The fraction of sp³-hybridized carbons (Fsp3) is 0.667. The normalized spacial score (nSPS) is 14.8. The Morgan fingerprint density at radius 3 is 2.78 bits per heavy atom. The molecule has 0 bridgehead atoms. The minimum atomic E-state index is 0.175. The highest BCUT2D eigenvalue weighted by molar-refractivity contribution is 5.75. The number of amides is 1. The van der Waals surface area contributed by atoms with E-state index in [1.807, 2.05) is 6.92 Å². The number of nitrogens with one attached hydrogen (secondary N) is 1. The molecule has 3 heteroatoms. The van der Waals surface area contributed by atoms with Crippen molar-refractivity contribution in [3.05, 3.63) is 23.0 Å². The summed E-state index contributed by atoms with van der Waals surface area (Å²) >= 11 is 0. The second-order valence-corrected chi connectivity index (χ2v) is 5.35. The van der Waals surface area contributed by atoms with Crippen molar-refractivity contribution in [2.75, 3.05) is 6.54 Å². The summed E-state index contributed by atoms with van der Waals surface area (Å²) in [4.78, 5) is 11.4. The van der Waals surface area contributed by atoms with Gasteiger partial charge in [-0.2, -0.15) is 0 Å². The molecular weight excluding hydrogens is 224 g/mol. The molecule has 100 valence electrons. The van der Waals surface area contributed by atoms with Crippen LogP contribution in [0.5, 0.6) is 0 Å². The average molecular weight is 248 g/mol. The van der Waals surface area contributed by atoms with Crippen molar-refractivity contribution in [2.45, 2.75) is 58.9 Å². The first-order valence-corrected chi connectivity index (χ1v) is 7.07. The molecule has 0 aliphatic heterocycles. The summed E-state index contributed by atoms with van der Waals surface area (Å²) in [6, 6.07) is 3.02. The van der Waals surface area contributed by atoms with Gasteiger partial charge in [0.2, 0.25) is 5.91 Å². The van der Waals surface area contributed by atoms with Gasteiger partial charge < -0.3 is 9.88 Å². The number of rotatable bonds is 6. The summed E-state index contributed by atoms with van der Waals surface area (Å²) in [6.45, 7) is 7.18. The zero-order chi connectivity index (χ0) is 13.1. The van der Waals surface area contributed by atoms with E-state index >= 15 is 0 Å². The van der Waals surface area contributed by atoms with Crippen LogP contribution >= 0.6 is 0 Å². The minimum Gasteiger partial charge on any atom is -0.356 e. The maximum absolute atomic E-state index is 11.4. The third-order valence-electron chi connectivity index (χ3n) is 3.69. The van der Waals surface area contributed by atoms with E-state index in [9.17, 15) is 4.79 Å². The molecule has 1 amide bonds. The molecule has 0 aromatic carbocycles. The number of carbonyl (C=O) groups excluding carboxylic acids is 1. The lowest BCUT2D eigenvalue weighted by atomic mass is 10.2. The Hall–Kier alpha value is -1.25. The van der Waals surface area contributed by atoms with Gasteiger partial charge in [-0.25, -0.2) is 0 Å². The molecule has 0 radical (unpaired) electrons. The van der Waals surface area contributed by atoms with Crippen LogP contribution < -0.4 is 5.32 Å². The summed E-state index contributed by atoms with van der Waals surface area (Å²) in [5, 5.41) is 2.98. The molecule has 1 N–H and O–H groups in total. The molecule has 1 aliphatic rings. The Morgan fingerprint density at radius 1 is 1.44 bits per heavy atom. The second kappa shape index (κ2) is 5.59. The van der Waals surface area contributed by atoms with Crippen LogP contribution in [0.15, 0.2) is 6.07 Å². The molecule has 0 unspecified atom stereocenters. The molecule has 0 saturated heterocycles. The summed E-state index contributed by atoms with van der Waals surface area (Å²) in [6.07, 6.45) is 5.15. The van der Waals surface area contributed by atoms with E-state index in [2.05, 4.69) is 29.8 Å². The van der Waals surface area contributed by atoms with E-state index in [0.717, 1.165) is 25.4 Å². The lowest BCUT2D eigenvalue weighted by molar-refractivity contribution is -0.121. The molecule has 0 spiro atoms. The van der Waals surface area contributed by atoms with Crippen molar-refractivity contribution in [2.24, 2.45) is 0 Å². The molecule has 1 aromatic heterocycles. The van der Waals surface area contributed by atoms with Gasteiger partial charge in [0.25, 0.3) is 0 Å². The zero-order valence-corrected chi connectivity index (χ0v) is 11.8. The van der Waals surface area contributed by atoms with Crippen LogP contribution in [0.25, 0.3) is 0 Å². The molecule has 1 aliphatic carbocycles. The Balaban J connectivity index is 1.90. The maximum atomic E-state index is 11.4. The van der Waals surface area contributed by atoms with Gasteiger partial charge in [-0.3, -0.25) is 4.79 Å². The highest BCUT2D eigenvalue weighted by atomic mass is 16.1. The number of nitrogens with zero attached hydrogens (tertiary/aromatic N) is 1. The van der Waals surface area contributed by atoms with E-state index < -0.39 is 0 Å². The van der Waals surface area contributed by atoms with Gasteiger partial charge in [0.15, 0.2) is 0 Å². The monoisotopic (exact) mass is 248 g/mol. The molecule has 1 aromatic rings. The predicted molar refractivity (Wildman–Crippen MR) is 73.8 cm³/mol. The first-order chi connectivity index (χ1) is 8.63. The molecular formula is C15H24N2O. The van der Waals surface area contributed by atoms with Gasteiger partial charge in [0.05, 0.1) is 0 Å². The van der Waals surface area contributed by atoms with Gasteiger partial charge in [-0.1, -0.05) is 6.92 Å². The lowest BCUT2D eigenvalue weighted by Gasteiger charge is -2.08. The van der Waals surface area contributed by atoms with E-state index in [4.69, 9.17) is 0 Å². The van der Waals surface area contributed by atoms with Crippen molar-refractivity contribution in [3.8, 4) is 0 Å². The number of aryl methyl sites for hydroxylation is 1. The SMILES string of the molecule is CCCC(=O)NCCc1cc(C)n(C2CC2)c1C. The van der Waals surface area contributed by atoms with Gasteiger partial charge in [0.1, 0.15) is 0 Å². The second-order valence-electron chi connectivity index (χ2n) is 5.35. The van der Waals surface area contributed by atoms with Gasteiger partial charge >= 0.3 is 0 Å². The van der Waals surface area contributed by atoms with E-state index in [-0.39, 0.29) is 5.91 Å². The van der Waals surface area contributed by atoms with Crippen LogP contribution in [-0.2, 0) is 11.2 Å². The fourth-order valence-electron chi connectivity index (χ4n) is 2.65. The van der Waals surface area contributed by atoms with Crippen LogP contribution in [0.2, 0.25) is 0 Å². The predicted octanol–water partition coefficient (Wildman–Crippen LogP) is 2.90. The van der Waals surface area contributed by atoms with Gasteiger partial charge in [-0.05, 0) is 51.2 Å². The quantitative estimate of drug-likeness (QED) is 0.825. The van der Waals surface area contributed by atoms with E-state index in [1.165, 1.54) is 29.8 Å². The van der Waals surface area contributed by atoms with Crippen molar-refractivity contribution >= 4 is 5.91 Å². The maximum Gasteiger partial charge on any atom is 0.219 e. The first-order valence-electron chi connectivity index (χ1n) is 7.07. The molecule has 2 rings (SSSR count). The summed E-state index contributed by atoms with van der Waals surface area (Å²) < 4.78 is 2.46. The number of aromatic nitrogens is 1. The highest BCUT2D eigenvalue weighted by Gasteiger charge is 2.26. The van der Waals surface area contributed by atoms with Crippen molar-refractivity contribution in [1.82, 2.24) is 9.88 Å². The van der Waals surface area contributed by atoms with Gasteiger partial charge in [-0.15, -0.1) is 0 Å². The Bertz CT molecular complexity index is 430. The highest BCUT2D eigenvalue weighted by Crippen LogP contribution is 2.38. The minimum absolute atomic E-state index is 0.175. The standard InChI is InChI=1S/C15H24N2O/c1-4-5-15(18)16-9-8-13-10-11(2)17(12(13)3)14-6-7-14/h10,14H,4-9H2,1-3H3,(H,16,18). The molecule has 18 heavy (non-hydrogen) atoms. The van der Waals surface area contributed by atoms with Gasteiger partial charge in [0, 0.05) is 30.4 Å². The topological polar surface area (TPSA) is 34.0 Å². The van der Waals surface area contributed by atoms with Crippen LogP contribution in [0.3, 0.4) is 0 Å². The number of carbonyl (C=O) groups is 1.